The summed E-state index contributed by atoms with van der Waals surface area (Å²) in [5, 5.41) is 8.79. The minimum absolute atomic E-state index is 0.0207. The lowest BCUT2D eigenvalue weighted by Gasteiger charge is -2.41. The van der Waals surface area contributed by atoms with Crippen LogP contribution in [0.5, 0.6) is 0 Å². The molecule has 0 spiro atoms. The van der Waals surface area contributed by atoms with Crippen molar-refractivity contribution >= 4 is 35.0 Å². The molecule has 0 saturated carbocycles. The Hall–Kier alpha value is -3.39. The number of likely N-dealkylation sites (tertiary alicyclic amines) is 1. The zero-order valence-electron chi connectivity index (χ0n) is 32.8. The van der Waals surface area contributed by atoms with Crippen molar-refractivity contribution in [2.24, 2.45) is 23.5 Å². The molecule has 4 N–H and O–H groups in total. The summed E-state index contributed by atoms with van der Waals surface area (Å²) < 4.78 is 12.0. The van der Waals surface area contributed by atoms with Crippen LogP contribution in [0.25, 0.3) is 0 Å². The molecule has 1 aliphatic rings. The molecule has 290 valence electrons. The number of thiazole rings is 1. The molecular formula is C39H62N6O6S. The molecule has 8 unspecified atom stereocenters. The lowest BCUT2D eigenvalue weighted by molar-refractivity contribution is -0.148. The Morgan fingerprint density at radius 3 is 2.29 bits per heavy atom. The minimum atomic E-state index is -1.15. The van der Waals surface area contributed by atoms with Crippen LogP contribution in [-0.2, 0) is 35.1 Å². The number of likely N-dealkylation sites (N-methyl/N-ethyl adjacent to an activating group) is 1. The number of aromatic nitrogens is 1. The number of amides is 4. The van der Waals surface area contributed by atoms with Gasteiger partial charge in [-0.3, -0.25) is 19.2 Å². The van der Waals surface area contributed by atoms with Crippen LogP contribution in [0.15, 0.2) is 41.9 Å². The van der Waals surface area contributed by atoms with E-state index in [9.17, 15) is 19.2 Å². The lowest BCUT2D eigenvalue weighted by Crippen LogP contribution is -2.60. The van der Waals surface area contributed by atoms with Crippen LogP contribution in [-0.4, -0.2) is 102 Å². The summed E-state index contributed by atoms with van der Waals surface area (Å²) in [7, 11) is 4.86. The summed E-state index contributed by atoms with van der Waals surface area (Å²) in [6.45, 7) is 13.4. The van der Waals surface area contributed by atoms with Crippen LogP contribution in [0, 0.1) is 17.8 Å². The van der Waals surface area contributed by atoms with Crippen molar-refractivity contribution in [3.63, 3.8) is 0 Å². The largest absolute Gasteiger partial charge is 0.379 e. The molecule has 2 aromatic rings. The van der Waals surface area contributed by atoms with Crippen molar-refractivity contribution < 1.29 is 28.7 Å². The van der Waals surface area contributed by atoms with Gasteiger partial charge in [-0.1, -0.05) is 71.4 Å². The van der Waals surface area contributed by atoms with Crippen molar-refractivity contribution in [3.05, 3.63) is 52.5 Å². The molecule has 0 aliphatic carbocycles. The van der Waals surface area contributed by atoms with Gasteiger partial charge in [0.15, 0.2) is 0 Å². The van der Waals surface area contributed by atoms with Crippen molar-refractivity contribution in [3.8, 4) is 0 Å². The summed E-state index contributed by atoms with van der Waals surface area (Å²) in [4.78, 5) is 62.8. The Balaban J connectivity index is 1.78. The first-order chi connectivity index (χ1) is 24.5. The third kappa shape index (κ3) is 11.1. The third-order valence-electron chi connectivity index (χ3n) is 10.4. The summed E-state index contributed by atoms with van der Waals surface area (Å²) in [6, 6.07) is 8.11. The number of hydrogen-bond donors (Lipinski definition) is 3. The number of carbonyl (C=O) groups is 4. The monoisotopic (exact) mass is 742 g/mol. The molecule has 8 atom stereocenters. The van der Waals surface area contributed by atoms with Gasteiger partial charge in [0.1, 0.15) is 11.0 Å². The number of methoxy groups -OCH3 is 2. The SMILES string of the molecule is CCC(C)C(C(CC(=O)N1CCCC1C(OC)C(C)C(=O)NC(Cc1ccccc1)c1nccs1)OC)N(C)C(=O)C(NC(=O)C(C)(C)N)C(C)C. The second kappa shape index (κ2) is 19.6. The Morgan fingerprint density at radius 1 is 1.08 bits per heavy atom. The van der Waals surface area contributed by atoms with Gasteiger partial charge in [0, 0.05) is 39.4 Å². The fourth-order valence-corrected chi connectivity index (χ4v) is 7.82. The molecule has 1 saturated heterocycles. The van der Waals surface area contributed by atoms with Crippen LogP contribution >= 0.6 is 11.3 Å². The van der Waals surface area contributed by atoms with Gasteiger partial charge in [-0.2, -0.15) is 0 Å². The summed E-state index contributed by atoms with van der Waals surface area (Å²) >= 11 is 1.50. The smallest absolute Gasteiger partial charge is 0.245 e. The molecule has 0 bridgehead atoms. The van der Waals surface area contributed by atoms with Crippen LogP contribution in [0.2, 0.25) is 0 Å². The zero-order chi connectivity index (χ0) is 38.7. The average Bonchev–Trinajstić information content (AvgIpc) is 3.83. The maximum atomic E-state index is 14.2. The highest BCUT2D eigenvalue weighted by molar-refractivity contribution is 7.09. The van der Waals surface area contributed by atoms with E-state index in [2.05, 4.69) is 15.6 Å². The lowest BCUT2D eigenvalue weighted by atomic mass is 9.89. The van der Waals surface area contributed by atoms with Gasteiger partial charge >= 0.3 is 0 Å². The number of ether oxygens (including phenoxy) is 2. The molecule has 4 amide bonds. The predicted molar refractivity (Wildman–Crippen MR) is 204 cm³/mol. The first-order valence-corrected chi connectivity index (χ1v) is 19.4. The second-order valence-corrected chi connectivity index (χ2v) is 16.1. The molecular weight excluding hydrogens is 681 g/mol. The molecule has 1 fully saturated rings. The predicted octanol–water partition coefficient (Wildman–Crippen LogP) is 4.34. The topological polar surface area (TPSA) is 156 Å². The molecule has 1 aromatic carbocycles. The molecule has 2 heterocycles. The van der Waals surface area contributed by atoms with Crippen LogP contribution in [0.4, 0.5) is 0 Å². The molecule has 52 heavy (non-hydrogen) atoms. The van der Waals surface area contributed by atoms with Crippen molar-refractivity contribution in [2.45, 2.75) is 122 Å². The summed E-state index contributed by atoms with van der Waals surface area (Å²) in [6.07, 6.45) is 3.42. The molecule has 12 nitrogen and oxygen atoms in total. The average molecular weight is 743 g/mol. The molecule has 1 aliphatic heterocycles. The maximum Gasteiger partial charge on any atom is 0.245 e. The van der Waals surface area contributed by atoms with Gasteiger partial charge in [-0.25, -0.2) is 4.98 Å². The van der Waals surface area contributed by atoms with Crippen LogP contribution in [0.3, 0.4) is 0 Å². The molecule has 13 heteroatoms. The number of nitrogens with one attached hydrogen (secondary N) is 2. The number of nitrogens with two attached hydrogens (primary N) is 1. The van der Waals surface area contributed by atoms with Gasteiger partial charge in [0.2, 0.25) is 23.6 Å². The van der Waals surface area contributed by atoms with E-state index < -0.39 is 41.7 Å². The maximum absolute atomic E-state index is 14.2. The number of nitrogens with zero attached hydrogens (tertiary/aromatic N) is 3. The highest BCUT2D eigenvalue weighted by atomic mass is 32.1. The highest BCUT2D eigenvalue weighted by Crippen LogP contribution is 2.30. The fraction of sp³-hybridized carbons (Fsp3) is 0.667. The summed E-state index contributed by atoms with van der Waals surface area (Å²) in [5.41, 5.74) is 5.97. The van der Waals surface area contributed by atoms with Gasteiger partial charge in [-0.15, -0.1) is 11.3 Å². The number of rotatable bonds is 19. The standard InChI is InChI=1S/C39H62N6O6S/c1-11-25(4)33(44(8)37(48)32(24(2)3)43-38(49)39(6,7)40)30(50-9)23-31(46)45-20-15-18-29(45)34(51-10)26(5)35(47)42-28(36-41-19-21-52-36)22-27-16-13-12-14-17-27/h12-14,16-17,19,21,24-26,28-30,32-34H,11,15,18,20,22-23,40H2,1-10H3,(H,42,47)(H,43,49). The van der Waals surface area contributed by atoms with Gasteiger partial charge in [0.25, 0.3) is 0 Å². The van der Waals surface area contributed by atoms with E-state index in [1.807, 2.05) is 75.2 Å². The van der Waals surface area contributed by atoms with Gasteiger partial charge < -0.3 is 35.6 Å². The van der Waals surface area contributed by atoms with Gasteiger partial charge in [-0.05, 0) is 50.5 Å². The molecule has 3 rings (SSSR count). The normalized spacial score (nSPS) is 18.9. The first kappa shape index (κ1) is 43.0. The minimum Gasteiger partial charge on any atom is -0.379 e. The number of carbonyl (C=O) groups excluding carboxylic acids is 4. The van der Waals surface area contributed by atoms with Gasteiger partial charge in [0.05, 0.1) is 48.2 Å². The van der Waals surface area contributed by atoms with E-state index in [1.54, 1.807) is 46.2 Å². The Kier molecular flexibility index (Phi) is 16.2. The van der Waals surface area contributed by atoms with Crippen molar-refractivity contribution in [2.75, 3.05) is 27.8 Å². The van der Waals surface area contributed by atoms with Crippen molar-refractivity contribution in [1.82, 2.24) is 25.4 Å². The Bertz CT molecular complexity index is 1430. The van der Waals surface area contributed by atoms with Crippen molar-refractivity contribution in [1.29, 1.82) is 0 Å². The zero-order valence-corrected chi connectivity index (χ0v) is 33.6. The van der Waals surface area contributed by atoms with E-state index in [1.165, 1.54) is 11.3 Å². The fourth-order valence-electron chi connectivity index (χ4n) is 7.13. The number of benzene rings is 1. The second-order valence-electron chi connectivity index (χ2n) is 15.1. The van der Waals surface area contributed by atoms with E-state index in [0.717, 1.165) is 23.4 Å². The third-order valence-corrected chi connectivity index (χ3v) is 11.3. The Morgan fingerprint density at radius 2 is 1.75 bits per heavy atom. The first-order valence-electron chi connectivity index (χ1n) is 18.5. The van der Waals surface area contributed by atoms with E-state index >= 15 is 0 Å². The van der Waals surface area contributed by atoms with Crippen LogP contribution < -0.4 is 16.4 Å². The van der Waals surface area contributed by atoms with E-state index in [0.29, 0.717) is 19.4 Å². The highest BCUT2D eigenvalue weighted by Gasteiger charge is 2.43. The molecule has 1 aromatic heterocycles. The van der Waals surface area contributed by atoms with E-state index in [4.69, 9.17) is 15.2 Å². The quantitative estimate of drug-likeness (QED) is 0.192. The van der Waals surface area contributed by atoms with E-state index in [-0.39, 0.29) is 48.1 Å². The Labute approximate surface area is 314 Å². The van der Waals surface area contributed by atoms with Crippen LogP contribution in [0.1, 0.15) is 90.8 Å². The number of hydrogen-bond acceptors (Lipinski definition) is 9. The molecule has 0 radical (unpaired) electrons. The summed E-state index contributed by atoms with van der Waals surface area (Å²) in [5.74, 6) is -1.76.